The molecule has 6 aromatic rings. The average Bonchev–Trinajstić information content (AvgIpc) is 3.06. The zero-order chi connectivity index (χ0) is 29.3. The molecular formula is C41H32N2. The summed E-state index contributed by atoms with van der Waals surface area (Å²) in [7, 11) is 0. The number of benzene rings is 5. The summed E-state index contributed by atoms with van der Waals surface area (Å²) in [5.74, 6) is 0.565. The number of fused-ring (bicyclic) bond motifs is 3. The van der Waals surface area contributed by atoms with Gasteiger partial charge in [-0.3, -0.25) is 4.98 Å². The maximum Gasteiger partial charge on any atom is 0.0352 e. The Morgan fingerprint density at radius 3 is 1.93 bits per heavy atom. The third-order valence-electron chi connectivity index (χ3n) is 8.58. The SMILES string of the molecule is C=C(/C=C\C=N)c1cnccc1-c1ccc(-c2c3ccccc3c(C3=CCC(C)C=C3)c3ccccc23)c2ccccc12. The van der Waals surface area contributed by atoms with Gasteiger partial charge in [-0.05, 0) is 95.8 Å². The van der Waals surface area contributed by atoms with Crippen LogP contribution in [0.2, 0.25) is 0 Å². The first kappa shape index (κ1) is 26.6. The van der Waals surface area contributed by atoms with Crippen molar-refractivity contribution in [3.63, 3.8) is 0 Å². The van der Waals surface area contributed by atoms with E-state index in [4.69, 9.17) is 5.41 Å². The zero-order valence-electron chi connectivity index (χ0n) is 24.2. The van der Waals surface area contributed by atoms with E-state index in [1.54, 1.807) is 6.08 Å². The third kappa shape index (κ3) is 4.62. The molecule has 0 aliphatic heterocycles. The Bertz CT molecular complexity index is 2100. The van der Waals surface area contributed by atoms with Gasteiger partial charge < -0.3 is 5.41 Å². The summed E-state index contributed by atoms with van der Waals surface area (Å²) in [6.45, 7) is 6.55. The van der Waals surface area contributed by atoms with Gasteiger partial charge in [0.25, 0.3) is 0 Å². The van der Waals surface area contributed by atoms with Gasteiger partial charge in [0.15, 0.2) is 0 Å². The lowest BCUT2D eigenvalue weighted by atomic mass is 9.82. The lowest BCUT2D eigenvalue weighted by Gasteiger charge is -2.21. The van der Waals surface area contributed by atoms with Gasteiger partial charge >= 0.3 is 0 Å². The Kier molecular flexibility index (Phi) is 6.89. The van der Waals surface area contributed by atoms with Crippen LogP contribution in [0.3, 0.4) is 0 Å². The molecule has 0 amide bonds. The zero-order valence-corrected chi connectivity index (χ0v) is 24.2. The summed E-state index contributed by atoms with van der Waals surface area (Å²) >= 11 is 0. The van der Waals surface area contributed by atoms with E-state index in [2.05, 4.69) is 128 Å². The molecule has 206 valence electrons. The lowest BCUT2D eigenvalue weighted by Crippen LogP contribution is -1.98. The molecule has 2 heteroatoms. The minimum absolute atomic E-state index is 0.565. The Morgan fingerprint density at radius 1 is 0.744 bits per heavy atom. The Hall–Kier alpha value is -5.34. The van der Waals surface area contributed by atoms with Crippen molar-refractivity contribution in [2.45, 2.75) is 13.3 Å². The quantitative estimate of drug-likeness (QED) is 0.124. The summed E-state index contributed by atoms with van der Waals surface area (Å²) in [6, 6.07) is 33.0. The predicted molar refractivity (Wildman–Crippen MR) is 185 cm³/mol. The molecule has 7 rings (SSSR count). The van der Waals surface area contributed by atoms with Crippen LogP contribution in [0.1, 0.15) is 24.5 Å². The van der Waals surface area contributed by atoms with Crippen molar-refractivity contribution in [2.24, 2.45) is 5.92 Å². The van der Waals surface area contributed by atoms with E-state index < -0.39 is 0 Å². The molecule has 1 atom stereocenters. The standard InChI is InChI=1S/C41H32N2/c1-27-17-19-29(20-18-27)40-34-13-5-7-15-36(34)41(37-16-8-6-14-35(37)40)38-22-21-32(30-11-3-4-12-31(30)38)33-23-25-43-26-39(33)28(2)10-9-24-42/h3-17,19-27,42H,2,18H2,1H3/b10-9-,42-24?. The molecule has 2 nitrogen and oxygen atoms in total. The van der Waals surface area contributed by atoms with Crippen LogP contribution in [0, 0.1) is 11.3 Å². The number of nitrogens with one attached hydrogen (secondary N) is 1. The topological polar surface area (TPSA) is 36.7 Å². The van der Waals surface area contributed by atoms with Gasteiger partial charge in [0.2, 0.25) is 0 Å². The van der Waals surface area contributed by atoms with Gasteiger partial charge in [0, 0.05) is 24.2 Å². The predicted octanol–water partition coefficient (Wildman–Crippen LogP) is 11.1. The summed E-state index contributed by atoms with van der Waals surface area (Å²) in [6.07, 6.45) is 16.6. The summed E-state index contributed by atoms with van der Waals surface area (Å²) in [5, 5.41) is 14.9. The van der Waals surface area contributed by atoms with Crippen LogP contribution in [0.25, 0.3) is 65.7 Å². The number of aromatic nitrogens is 1. The minimum Gasteiger partial charge on any atom is -0.309 e. The van der Waals surface area contributed by atoms with E-state index in [0.717, 1.165) is 28.7 Å². The van der Waals surface area contributed by atoms with Crippen LogP contribution in [-0.4, -0.2) is 11.2 Å². The molecule has 1 aliphatic carbocycles. The first-order chi connectivity index (χ1) is 21.2. The molecule has 1 aromatic heterocycles. The third-order valence-corrected chi connectivity index (χ3v) is 8.58. The van der Waals surface area contributed by atoms with Gasteiger partial charge in [-0.2, -0.15) is 0 Å². The smallest absolute Gasteiger partial charge is 0.0352 e. The van der Waals surface area contributed by atoms with Crippen molar-refractivity contribution in [1.82, 2.24) is 4.98 Å². The maximum atomic E-state index is 7.41. The Balaban J connectivity index is 1.52. The van der Waals surface area contributed by atoms with Crippen LogP contribution in [-0.2, 0) is 0 Å². The molecule has 0 radical (unpaired) electrons. The van der Waals surface area contributed by atoms with E-state index in [-0.39, 0.29) is 0 Å². The normalized spacial score (nSPS) is 14.9. The molecule has 0 saturated heterocycles. The van der Waals surface area contributed by atoms with Crippen molar-refractivity contribution in [1.29, 1.82) is 5.41 Å². The van der Waals surface area contributed by atoms with Crippen molar-refractivity contribution >= 4 is 49.7 Å². The largest absolute Gasteiger partial charge is 0.309 e. The second-order valence-electron chi connectivity index (χ2n) is 11.3. The summed E-state index contributed by atoms with van der Waals surface area (Å²) in [4.78, 5) is 4.40. The van der Waals surface area contributed by atoms with Crippen molar-refractivity contribution in [2.75, 3.05) is 0 Å². The second-order valence-corrected chi connectivity index (χ2v) is 11.3. The fourth-order valence-electron chi connectivity index (χ4n) is 6.53. The van der Waals surface area contributed by atoms with E-state index in [1.165, 1.54) is 60.8 Å². The van der Waals surface area contributed by atoms with E-state index >= 15 is 0 Å². The molecule has 1 heterocycles. The molecule has 1 N–H and O–H groups in total. The average molecular weight is 553 g/mol. The van der Waals surface area contributed by atoms with Crippen LogP contribution in [0.5, 0.6) is 0 Å². The van der Waals surface area contributed by atoms with Gasteiger partial charge in [-0.1, -0.05) is 123 Å². The van der Waals surface area contributed by atoms with Crippen LogP contribution >= 0.6 is 0 Å². The molecule has 0 saturated carbocycles. The van der Waals surface area contributed by atoms with Gasteiger partial charge in [-0.15, -0.1) is 0 Å². The van der Waals surface area contributed by atoms with E-state index in [0.29, 0.717) is 5.92 Å². The first-order valence-electron chi connectivity index (χ1n) is 14.8. The lowest BCUT2D eigenvalue weighted by molar-refractivity contribution is 0.739. The molecule has 1 aliphatic rings. The number of rotatable bonds is 6. The van der Waals surface area contributed by atoms with Gasteiger partial charge in [0.05, 0.1) is 0 Å². The number of hydrogen-bond acceptors (Lipinski definition) is 2. The molecule has 43 heavy (non-hydrogen) atoms. The highest BCUT2D eigenvalue weighted by molar-refractivity contribution is 6.22. The highest BCUT2D eigenvalue weighted by Crippen LogP contribution is 2.46. The van der Waals surface area contributed by atoms with Gasteiger partial charge in [0.1, 0.15) is 0 Å². The van der Waals surface area contributed by atoms with Crippen molar-refractivity contribution in [3.8, 4) is 22.3 Å². The number of pyridine rings is 1. The minimum atomic E-state index is 0.565. The molecular weight excluding hydrogens is 520 g/mol. The summed E-state index contributed by atoms with van der Waals surface area (Å²) in [5.41, 5.74) is 9.11. The number of hydrogen-bond donors (Lipinski definition) is 1. The van der Waals surface area contributed by atoms with Crippen LogP contribution in [0.4, 0.5) is 0 Å². The fourth-order valence-corrected chi connectivity index (χ4v) is 6.53. The molecule has 0 fully saturated rings. The highest BCUT2D eigenvalue weighted by Gasteiger charge is 2.20. The molecule has 0 spiro atoms. The van der Waals surface area contributed by atoms with Crippen LogP contribution < -0.4 is 0 Å². The van der Waals surface area contributed by atoms with E-state index in [1.807, 2.05) is 18.5 Å². The van der Waals surface area contributed by atoms with Crippen molar-refractivity contribution in [3.05, 3.63) is 151 Å². The van der Waals surface area contributed by atoms with Crippen LogP contribution in [0.15, 0.2) is 140 Å². The molecule has 0 bridgehead atoms. The van der Waals surface area contributed by atoms with Gasteiger partial charge in [-0.25, -0.2) is 0 Å². The number of allylic oxidation sites excluding steroid dienone is 7. The second kappa shape index (κ2) is 11.2. The molecule has 5 aromatic carbocycles. The first-order valence-corrected chi connectivity index (χ1v) is 14.8. The van der Waals surface area contributed by atoms with E-state index in [9.17, 15) is 0 Å². The summed E-state index contributed by atoms with van der Waals surface area (Å²) < 4.78 is 0. The monoisotopic (exact) mass is 552 g/mol. The van der Waals surface area contributed by atoms with Crippen molar-refractivity contribution < 1.29 is 0 Å². The Morgan fingerprint density at radius 2 is 1.33 bits per heavy atom. The highest BCUT2D eigenvalue weighted by atomic mass is 14.6. The fraction of sp³-hybridized carbons (Fsp3) is 0.0732. The Labute approximate surface area is 252 Å². The maximum absolute atomic E-state index is 7.41. The number of nitrogens with zero attached hydrogens (tertiary/aromatic N) is 1. The molecule has 1 unspecified atom stereocenters.